The molecule has 1 aromatic carbocycles. The number of aryl methyl sites for hydroxylation is 1. The zero-order valence-electron chi connectivity index (χ0n) is 12.1. The van der Waals surface area contributed by atoms with Crippen molar-refractivity contribution in [3.8, 4) is 18.0 Å². The number of hydrogen-bond donors (Lipinski definition) is 2. The van der Waals surface area contributed by atoms with E-state index in [-0.39, 0.29) is 12.1 Å². The fourth-order valence-electron chi connectivity index (χ4n) is 1.99. The molecule has 2 aromatic rings. The molecule has 0 saturated heterocycles. The third-order valence-electron chi connectivity index (χ3n) is 3.09. The van der Waals surface area contributed by atoms with Crippen molar-refractivity contribution >= 4 is 11.8 Å². The molecule has 0 fully saturated rings. The lowest BCUT2D eigenvalue weighted by Gasteiger charge is -2.11. The molecule has 0 saturated carbocycles. The van der Waals surface area contributed by atoms with Crippen LogP contribution in [0.25, 0.3) is 5.69 Å². The predicted octanol–water partition coefficient (Wildman–Crippen LogP) is 0.788. The summed E-state index contributed by atoms with van der Waals surface area (Å²) >= 11 is 0. The van der Waals surface area contributed by atoms with Crippen LogP contribution in [0.1, 0.15) is 22.6 Å². The van der Waals surface area contributed by atoms with Gasteiger partial charge in [0.2, 0.25) is 5.91 Å². The number of nitrogens with two attached hydrogens (primary N) is 1. The molecule has 22 heavy (non-hydrogen) atoms. The van der Waals surface area contributed by atoms with Crippen LogP contribution in [0.15, 0.2) is 36.4 Å². The van der Waals surface area contributed by atoms with Crippen LogP contribution in [0.2, 0.25) is 0 Å². The summed E-state index contributed by atoms with van der Waals surface area (Å²) in [6, 6.07) is 10.2. The lowest BCUT2D eigenvalue weighted by molar-refractivity contribution is -0.119. The zero-order chi connectivity index (χ0) is 16.1. The third kappa shape index (κ3) is 3.33. The average Bonchev–Trinajstić information content (AvgIpc) is 2.89. The number of amides is 2. The topological polar surface area (TPSA) is 90.0 Å². The molecular formula is C16H16N4O2. The first kappa shape index (κ1) is 15.3. The van der Waals surface area contributed by atoms with E-state index >= 15 is 0 Å². The first-order chi connectivity index (χ1) is 10.5. The lowest BCUT2D eigenvalue weighted by atomic mass is 10.2. The molecule has 0 radical (unpaired) electrons. The number of benzene rings is 1. The van der Waals surface area contributed by atoms with Crippen LogP contribution in [-0.4, -0.2) is 27.6 Å². The molecule has 112 valence electrons. The summed E-state index contributed by atoms with van der Waals surface area (Å²) in [4.78, 5) is 23.4. The summed E-state index contributed by atoms with van der Waals surface area (Å²) in [6.45, 7) is 1.84. The molecule has 0 aliphatic carbocycles. The monoisotopic (exact) mass is 296 g/mol. The first-order valence-electron chi connectivity index (χ1n) is 6.68. The smallest absolute Gasteiger partial charge is 0.272 e. The number of rotatable bonds is 5. The maximum Gasteiger partial charge on any atom is 0.272 e. The molecule has 2 rings (SSSR count). The molecule has 6 heteroatoms. The number of para-hydroxylation sites is 1. The van der Waals surface area contributed by atoms with Gasteiger partial charge in [0.25, 0.3) is 5.91 Å². The van der Waals surface area contributed by atoms with Gasteiger partial charge in [-0.3, -0.25) is 9.59 Å². The van der Waals surface area contributed by atoms with Gasteiger partial charge in [0.15, 0.2) is 5.69 Å². The second-order valence-electron chi connectivity index (χ2n) is 4.75. The van der Waals surface area contributed by atoms with E-state index in [1.807, 2.05) is 37.3 Å². The van der Waals surface area contributed by atoms with Crippen molar-refractivity contribution in [2.45, 2.75) is 19.4 Å². The highest BCUT2D eigenvalue weighted by atomic mass is 16.2. The Balaban J connectivity index is 2.22. The highest BCUT2D eigenvalue weighted by Gasteiger charge is 2.20. The standard InChI is InChI=1S/C16H16N4O2/c1-3-7-13(15(17)21)18-16(22)14-10-11(2)20(19-14)12-8-5-4-6-9-12/h1,4-6,8-10,13H,7H2,2H3,(H2,17,21)(H,18,22). The molecule has 3 N–H and O–H groups in total. The summed E-state index contributed by atoms with van der Waals surface area (Å²) < 4.78 is 1.65. The van der Waals surface area contributed by atoms with Crippen LogP contribution >= 0.6 is 0 Å². The number of aromatic nitrogens is 2. The Morgan fingerprint density at radius 2 is 2.09 bits per heavy atom. The Morgan fingerprint density at radius 1 is 1.41 bits per heavy atom. The number of primary amides is 1. The van der Waals surface area contributed by atoms with Crippen LogP contribution in [0.3, 0.4) is 0 Å². The molecule has 0 aliphatic rings. The number of carbonyl (C=O) groups is 2. The maximum absolute atomic E-state index is 12.2. The molecular weight excluding hydrogens is 280 g/mol. The maximum atomic E-state index is 12.2. The van der Waals surface area contributed by atoms with Crippen LogP contribution in [0, 0.1) is 19.3 Å². The van der Waals surface area contributed by atoms with Gasteiger partial charge in [0.1, 0.15) is 6.04 Å². The lowest BCUT2D eigenvalue weighted by Crippen LogP contribution is -2.44. The SMILES string of the molecule is C#CCC(NC(=O)c1cc(C)n(-c2ccccc2)n1)C(N)=O. The van der Waals surface area contributed by atoms with Gasteiger partial charge >= 0.3 is 0 Å². The van der Waals surface area contributed by atoms with Gasteiger partial charge in [0, 0.05) is 12.1 Å². The minimum Gasteiger partial charge on any atom is -0.368 e. The minimum absolute atomic E-state index is 0.0411. The fourth-order valence-corrected chi connectivity index (χ4v) is 1.99. The number of nitrogens with zero attached hydrogens (tertiary/aromatic N) is 2. The highest BCUT2D eigenvalue weighted by molar-refractivity contribution is 5.96. The van der Waals surface area contributed by atoms with Crippen molar-refractivity contribution in [3.63, 3.8) is 0 Å². The number of hydrogen-bond acceptors (Lipinski definition) is 3. The molecule has 0 aliphatic heterocycles. The number of nitrogens with one attached hydrogen (secondary N) is 1. The largest absolute Gasteiger partial charge is 0.368 e. The van der Waals surface area contributed by atoms with E-state index < -0.39 is 17.9 Å². The first-order valence-corrected chi connectivity index (χ1v) is 6.68. The van der Waals surface area contributed by atoms with E-state index in [1.54, 1.807) is 10.7 Å². The molecule has 0 bridgehead atoms. The second-order valence-corrected chi connectivity index (χ2v) is 4.75. The van der Waals surface area contributed by atoms with E-state index in [1.165, 1.54) is 0 Å². The fraction of sp³-hybridized carbons (Fsp3) is 0.188. The van der Waals surface area contributed by atoms with Crippen LogP contribution in [0.4, 0.5) is 0 Å². The van der Waals surface area contributed by atoms with Crippen molar-refractivity contribution in [3.05, 3.63) is 47.8 Å². The molecule has 6 nitrogen and oxygen atoms in total. The van der Waals surface area contributed by atoms with Gasteiger partial charge < -0.3 is 11.1 Å². The van der Waals surface area contributed by atoms with Gasteiger partial charge in [-0.15, -0.1) is 12.3 Å². The number of carbonyl (C=O) groups excluding carboxylic acids is 2. The normalized spacial score (nSPS) is 11.5. The minimum atomic E-state index is -0.903. The summed E-state index contributed by atoms with van der Waals surface area (Å²) in [5.74, 6) is 1.14. The van der Waals surface area contributed by atoms with E-state index in [9.17, 15) is 9.59 Å². The van der Waals surface area contributed by atoms with E-state index in [2.05, 4.69) is 16.3 Å². The Kier molecular flexibility index (Phi) is 4.59. The van der Waals surface area contributed by atoms with Gasteiger partial charge in [0.05, 0.1) is 5.69 Å². The van der Waals surface area contributed by atoms with Crippen molar-refractivity contribution in [1.82, 2.24) is 15.1 Å². The Bertz CT molecular complexity index is 728. The highest BCUT2D eigenvalue weighted by Crippen LogP contribution is 2.11. The van der Waals surface area contributed by atoms with E-state index in [0.717, 1.165) is 11.4 Å². The van der Waals surface area contributed by atoms with Crippen LogP contribution in [-0.2, 0) is 4.79 Å². The van der Waals surface area contributed by atoms with Crippen molar-refractivity contribution in [2.24, 2.45) is 5.73 Å². The quantitative estimate of drug-likeness (QED) is 0.799. The molecule has 1 aromatic heterocycles. The van der Waals surface area contributed by atoms with Gasteiger partial charge in [-0.2, -0.15) is 5.10 Å². The van der Waals surface area contributed by atoms with Crippen LogP contribution < -0.4 is 11.1 Å². The molecule has 1 atom stereocenters. The Hall–Kier alpha value is -3.07. The summed E-state index contributed by atoms with van der Waals surface area (Å²) in [6.07, 6.45) is 5.20. The Labute approximate surface area is 128 Å². The molecule has 2 amide bonds. The van der Waals surface area contributed by atoms with Gasteiger partial charge in [-0.05, 0) is 25.1 Å². The van der Waals surface area contributed by atoms with Crippen LogP contribution in [0.5, 0.6) is 0 Å². The van der Waals surface area contributed by atoms with Crippen molar-refractivity contribution in [1.29, 1.82) is 0 Å². The summed E-state index contributed by atoms with van der Waals surface area (Å²) in [7, 11) is 0. The van der Waals surface area contributed by atoms with E-state index in [4.69, 9.17) is 12.2 Å². The third-order valence-corrected chi connectivity index (χ3v) is 3.09. The number of terminal acetylenes is 1. The van der Waals surface area contributed by atoms with Gasteiger partial charge in [-0.25, -0.2) is 4.68 Å². The molecule has 1 heterocycles. The van der Waals surface area contributed by atoms with E-state index in [0.29, 0.717) is 0 Å². The molecule has 1 unspecified atom stereocenters. The molecule has 0 spiro atoms. The van der Waals surface area contributed by atoms with Gasteiger partial charge in [-0.1, -0.05) is 18.2 Å². The predicted molar refractivity (Wildman–Crippen MR) is 82.2 cm³/mol. The van der Waals surface area contributed by atoms with Crippen molar-refractivity contribution < 1.29 is 9.59 Å². The summed E-state index contributed by atoms with van der Waals surface area (Å²) in [5.41, 5.74) is 7.04. The Morgan fingerprint density at radius 3 is 2.68 bits per heavy atom. The van der Waals surface area contributed by atoms with Crippen molar-refractivity contribution in [2.75, 3.05) is 0 Å². The second kappa shape index (κ2) is 6.59. The zero-order valence-corrected chi connectivity index (χ0v) is 12.1. The average molecular weight is 296 g/mol. The summed E-state index contributed by atoms with van der Waals surface area (Å²) in [5, 5.41) is 6.75.